The van der Waals surface area contributed by atoms with Crippen molar-refractivity contribution in [1.29, 1.82) is 0 Å². The lowest BCUT2D eigenvalue weighted by atomic mass is 9.81. The highest BCUT2D eigenvalue weighted by Gasteiger charge is 2.41. The highest BCUT2D eigenvalue weighted by molar-refractivity contribution is 5.90. The van der Waals surface area contributed by atoms with Crippen molar-refractivity contribution in [2.45, 2.75) is 76.0 Å². The standard InChI is InChI=1S/C22H30N2O4/c25-20(24-27)13-12-17-8-10-18(11-9-17)16-23-22(14-4-1-5-15-22)21(26)28-19-6-2-3-7-19/h8-13,19,23,27H,1-7,14-16H2,(H,24,25)/b13-12+. The number of rotatable bonds is 7. The van der Waals surface area contributed by atoms with Gasteiger partial charge in [0, 0.05) is 12.6 Å². The fourth-order valence-electron chi connectivity index (χ4n) is 4.11. The Morgan fingerprint density at radius 1 is 1.07 bits per heavy atom. The molecule has 6 nitrogen and oxygen atoms in total. The molecule has 0 saturated heterocycles. The fourth-order valence-corrected chi connectivity index (χ4v) is 4.11. The minimum Gasteiger partial charge on any atom is -0.461 e. The zero-order chi connectivity index (χ0) is 19.8. The first-order chi connectivity index (χ1) is 13.6. The average molecular weight is 386 g/mol. The van der Waals surface area contributed by atoms with Crippen LogP contribution in [0.15, 0.2) is 30.3 Å². The third kappa shape index (κ3) is 5.42. The molecule has 0 heterocycles. The maximum Gasteiger partial charge on any atom is 0.326 e. The Balaban J connectivity index is 1.60. The summed E-state index contributed by atoms with van der Waals surface area (Å²) in [6.07, 6.45) is 12.2. The van der Waals surface area contributed by atoms with Gasteiger partial charge in [-0.3, -0.25) is 20.1 Å². The Bertz CT molecular complexity index is 687. The molecular weight excluding hydrogens is 356 g/mol. The Hall–Kier alpha value is -2.18. The van der Waals surface area contributed by atoms with Gasteiger partial charge in [-0.25, -0.2) is 5.48 Å². The van der Waals surface area contributed by atoms with Crippen LogP contribution in [0.5, 0.6) is 0 Å². The van der Waals surface area contributed by atoms with Crippen LogP contribution in [-0.2, 0) is 20.9 Å². The van der Waals surface area contributed by atoms with Gasteiger partial charge >= 0.3 is 5.97 Å². The minimum absolute atomic E-state index is 0.0753. The lowest BCUT2D eigenvalue weighted by Gasteiger charge is -2.36. The zero-order valence-corrected chi connectivity index (χ0v) is 16.3. The first-order valence-corrected chi connectivity index (χ1v) is 10.3. The maximum atomic E-state index is 13.0. The fraction of sp³-hybridized carbons (Fsp3) is 0.545. The largest absolute Gasteiger partial charge is 0.461 e. The molecule has 0 radical (unpaired) electrons. The van der Waals surface area contributed by atoms with Gasteiger partial charge in [-0.2, -0.15) is 0 Å². The molecule has 0 aromatic heterocycles. The molecule has 2 fully saturated rings. The second-order valence-electron chi connectivity index (χ2n) is 7.86. The molecule has 0 spiro atoms. The number of hydrogen-bond donors (Lipinski definition) is 3. The van der Waals surface area contributed by atoms with Crippen LogP contribution in [0, 0.1) is 0 Å². The number of carbonyl (C=O) groups is 2. The summed E-state index contributed by atoms with van der Waals surface area (Å²) in [5, 5.41) is 12.0. The SMILES string of the molecule is O=C(/C=C/c1ccc(CNC2(C(=O)OC3CCCC3)CCCCC2)cc1)NO. The monoisotopic (exact) mass is 386 g/mol. The number of hydroxylamine groups is 1. The summed E-state index contributed by atoms with van der Waals surface area (Å²) < 4.78 is 5.86. The molecule has 28 heavy (non-hydrogen) atoms. The highest BCUT2D eigenvalue weighted by atomic mass is 16.5. The van der Waals surface area contributed by atoms with E-state index in [0.29, 0.717) is 6.54 Å². The Kier molecular flexibility index (Phi) is 7.23. The topological polar surface area (TPSA) is 87.7 Å². The molecule has 0 unspecified atom stereocenters. The van der Waals surface area contributed by atoms with E-state index in [1.165, 1.54) is 12.5 Å². The van der Waals surface area contributed by atoms with Gasteiger partial charge in [0.1, 0.15) is 11.6 Å². The summed E-state index contributed by atoms with van der Waals surface area (Å²) in [7, 11) is 0. The van der Waals surface area contributed by atoms with Gasteiger partial charge in [0.2, 0.25) is 0 Å². The predicted octanol–water partition coefficient (Wildman–Crippen LogP) is 3.48. The Morgan fingerprint density at radius 3 is 2.39 bits per heavy atom. The molecule has 2 aliphatic carbocycles. The molecule has 3 rings (SSSR count). The van der Waals surface area contributed by atoms with Crippen LogP contribution in [0.3, 0.4) is 0 Å². The van der Waals surface area contributed by atoms with Crippen LogP contribution in [0.1, 0.15) is 68.9 Å². The molecule has 3 N–H and O–H groups in total. The van der Waals surface area contributed by atoms with E-state index >= 15 is 0 Å². The van der Waals surface area contributed by atoms with Crippen molar-refractivity contribution in [1.82, 2.24) is 10.8 Å². The number of hydrogen-bond acceptors (Lipinski definition) is 5. The molecule has 1 aromatic rings. The van der Waals surface area contributed by atoms with E-state index in [0.717, 1.165) is 62.5 Å². The van der Waals surface area contributed by atoms with Crippen molar-refractivity contribution in [3.8, 4) is 0 Å². The Morgan fingerprint density at radius 2 is 1.75 bits per heavy atom. The number of amides is 1. The van der Waals surface area contributed by atoms with Crippen molar-refractivity contribution in [2.75, 3.05) is 0 Å². The van der Waals surface area contributed by atoms with Crippen LogP contribution in [0.25, 0.3) is 6.08 Å². The number of nitrogens with one attached hydrogen (secondary N) is 2. The molecule has 1 aromatic carbocycles. The number of benzene rings is 1. The van der Waals surface area contributed by atoms with Crippen molar-refractivity contribution < 1.29 is 19.5 Å². The molecule has 2 aliphatic rings. The Labute approximate surface area is 166 Å². The molecule has 0 aliphatic heterocycles. The third-order valence-corrected chi connectivity index (χ3v) is 5.82. The lowest BCUT2D eigenvalue weighted by molar-refractivity contribution is -0.158. The van der Waals surface area contributed by atoms with E-state index in [-0.39, 0.29) is 12.1 Å². The quantitative estimate of drug-likeness (QED) is 0.289. The van der Waals surface area contributed by atoms with E-state index in [2.05, 4.69) is 5.32 Å². The van der Waals surface area contributed by atoms with Crippen LogP contribution in [-0.4, -0.2) is 28.7 Å². The molecule has 1 amide bonds. The van der Waals surface area contributed by atoms with Crippen molar-refractivity contribution in [3.63, 3.8) is 0 Å². The summed E-state index contributed by atoms with van der Waals surface area (Å²) in [4.78, 5) is 24.0. The number of carbonyl (C=O) groups excluding carboxylic acids is 2. The molecular formula is C22H30N2O4. The molecule has 6 heteroatoms. The second kappa shape index (κ2) is 9.85. The lowest BCUT2D eigenvalue weighted by Crippen LogP contribution is -2.54. The average Bonchev–Trinajstić information content (AvgIpc) is 3.25. The van der Waals surface area contributed by atoms with Gasteiger partial charge in [-0.15, -0.1) is 0 Å². The zero-order valence-electron chi connectivity index (χ0n) is 16.3. The van der Waals surface area contributed by atoms with Crippen molar-refractivity contribution in [2.24, 2.45) is 0 Å². The summed E-state index contributed by atoms with van der Waals surface area (Å²) in [5.41, 5.74) is 2.93. The maximum absolute atomic E-state index is 13.0. The smallest absolute Gasteiger partial charge is 0.326 e. The summed E-state index contributed by atoms with van der Waals surface area (Å²) in [6, 6.07) is 7.76. The van der Waals surface area contributed by atoms with E-state index in [1.54, 1.807) is 11.6 Å². The minimum atomic E-state index is -0.571. The first kappa shape index (κ1) is 20.6. The normalized spacial score (nSPS) is 19.6. The van der Waals surface area contributed by atoms with Gasteiger partial charge in [-0.1, -0.05) is 43.5 Å². The second-order valence-corrected chi connectivity index (χ2v) is 7.86. The molecule has 152 valence electrons. The van der Waals surface area contributed by atoms with Gasteiger partial charge in [-0.05, 0) is 55.7 Å². The summed E-state index contributed by atoms with van der Waals surface area (Å²) in [5.74, 6) is -0.639. The van der Waals surface area contributed by atoms with Gasteiger partial charge < -0.3 is 4.74 Å². The van der Waals surface area contributed by atoms with Crippen LogP contribution < -0.4 is 10.8 Å². The molecule has 0 bridgehead atoms. The van der Waals surface area contributed by atoms with Crippen molar-refractivity contribution >= 4 is 18.0 Å². The molecule has 0 atom stereocenters. The van der Waals surface area contributed by atoms with Crippen LogP contribution >= 0.6 is 0 Å². The molecule has 2 saturated carbocycles. The van der Waals surface area contributed by atoms with E-state index in [1.807, 2.05) is 24.3 Å². The summed E-state index contributed by atoms with van der Waals surface area (Å²) in [6.45, 7) is 0.598. The third-order valence-electron chi connectivity index (χ3n) is 5.82. The van der Waals surface area contributed by atoms with Crippen LogP contribution in [0.4, 0.5) is 0 Å². The first-order valence-electron chi connectivity index (χ1n) is 10.3. The van der Waals surface area contributed by atoms with E-state index < -0.39 is 11.4 Å². The number of esters is 1. The predicted molar refractivity (Wildman–Crippen MR) is 106 cm³/mol. The number of ether oxygens (including phenoxy) is 1. The van der Waals surface area contributed by atoms with E-state index in [4.69, 9.17) is 9.94 Å². The van der Waals surface area contributed by atoms with Crippen LogP contribution in [0.2, 0.25) is 0 Å². The van der Waals surface area contributed by atoms with Gasteiger partial charge in [0.15, 0.2) is 0 Å². The highest BCUT2D eigenvalue weighted by Crippen LogP contribution is 2.32. The van der Waals surface area contributed by atoms with Gasteiger partial charge in [0.05, 0.1) is 0 Å². The summed E-state index contributed by atoms with van der Waals surface area (Å²) >= 11 is 0. The van der Waals surface area contributed by atoms with Crippen molar-refractivity contribution in [3.05, 3.63) is 41.5 Å². The van der Waals surface area contributed by atoms with Gasteiger partial charge in [0.25, 0.3) is 5.91 Å². The van der Waals surface area contributed by atoms with E-state index in [9.17, 15) is 9.59 Å².